The Morgan fingerprint density at radius 2 is 1.87 bits per heavy atom. The number of ether oxygens (including phenoxy) is 1. The number of rotatable bonds is 6. The van der Waals surface area contributed by atoms with Crippen LogP contribution in [0.15, 0.2) is 0 Å². The Morgan fingerprint density at radius 1 is 1.33 bits per heavy atom. The molecule has 0 N–H and O–H groups in total. The average molecular weight is 287 g/mol. The van der Waals surface area contributed by atoms with Gasteiger partial charge in [0.15, 0.2) is 0 Å². The van der Waals surface area contributed by atoms with Gasteiger partial charge in [-0.15, -0.1) is 22.2 Å². The molecule has 0 aliphatic heterocycles. The van der Waals surface area contributed by atoms with Crippen molar-refractivity contribution < 1.29 is 22.3 Å². The van der Waals surface area contributed by atoms with Crippen LogP contribution in [0.2, 0.25) is 12.6 Å². The van der Waals surface area contributed by atoms with E-state index in [9.17, 15) is 17.6 Å². The maximum absolute atomic E-state index is 12.5. The molecule has 92 valence electrons. The van der Waals surface area contributed by atoms with Crippen molar-refractivity contribution in [2.45, 2.75) is 38.0 Å². The zero-order chi connectivity index (χ0) is 12.1. The van der Waals surface area contributed by atoms with Crippen molar-refractivity contribution in [3.8, 4) is 0 Å². The molecule has 0 saturated heterocycles. The summed E-state index contributed by atoms with van der Waals surface area (Å²) in [5, 5.41) is 0. The Bertz CT molecular complexity index is 183. The van der Waals surface area contributed by atoms with Crippen LogP contribution in [0.5, 0.6) is 0 Å². The third-order valence-electron chi connectivity index (χ3n) is 1.45. The Labute approximate surface area is 96.1 Å². The molecule has 0 aliphatic rings. The molecule has 0 aromatic rings. The normalized spacial score (nSPS) is 15.4. The van der Waals surface area contributed by atoms with Gasteiger partial charge in [-0.3, -0.25) is 0 Å². The number of hydrogen-bond donors (Lipinski definition) is 0. The first kappa shape index (κ1) is 15.5. The lowest BCUT2D eigenvalue weighted by Gasteiger charge is -2.13. The Balaban J connectivity index is 3.52. The molecule has 0 aromatic carbocycles. The Kier molecular flexibility index (Phi) is 6.47. The van der Waals surface area contributed by atoms with Gasteiger partial charge in [0.25, 0.3) is 0 Å². The molecule has 15 heavy (non-hydrogen) atoms. The van der Waals surface area contributed by atoms with Crippen LogP contribution in [0.3, 0.4) is 0 Å². The lowest BCUT2D eigenvalue weighted by Crippen LogP contribution is -2.20. The lowest BCUT2D eigenvalue weighted by atomic mass is 10.4. The maximum Gasteiger partial charge on any atom is 0.394 e. The highest BCUT2D eigenvalue weighted by atomic mass is 35.7. The molecule has 0 aliphatic carbocycles. The summed E-state index contributed by atoms with van der Waals surface area (Å²) in [6.07, 6.45) is -8.05. The smallest absolute Gasteiger partial charge is 0.348 e. The van der Waals surface area contributed by atoms with Gasteiger partial charge in [0.2, 0.25) is 13.1 Å². The van der Waals surface area contributed by atoms with E-state index in [2.05, 4.69) is 4.74 Å². The van der Waals surface area contributed by atoms with Crippen molar-refractivity contribution in [2.24, 2.45) is 0 Å². The summed E-state index contributed by atoms with van der Waals surface area (Å²) in [4.78, 5) is 0. The summed E-state index contributed by atoms with van der Waals surface area (Å²) in [5.74, 6) is 0. The van der Waals surface area contributed by atoms with Crippen LogP contribution in [0.4, 0.5) is 17.6 Å². The molecule has 0 rings (SSSR count). The second-order valence-electron chi connectivity index (χ2n) is 3.27. The van der Waals surface area contributed by atoms with Gasteiger partial charge in [-0.1, -0.05) is 0 Å². The summed E-state index contributed by atoms with van der Waals surface area (Å²) in [6.45, 7) is -0.675. The first-order valence-electron chi connectivity index (χ1n) is 4.30. The van der Waals surface area contributed by atoms with Gasteiger partial charge in [0.1, 0.15) is 0 Å². The van der Waals surface area contributed by atoms with Crippen molar-refractivity contribution in [1.29, 1.82) is 0 Å². The molecule has 0 saturated carbocycles. The van der Waals surface area contributed by atoms with Crippen LogP contribution in [-0.2, 0) is 4.74 Å². The number of hydrogen-bond acceptors (Lipinski definition) is 1. The first-order valence-corrected chi connectivity index (χ1v) is 9.03. The first-order chi connectivity index (χ1) is 6.60. The fourth-order valence-corrected chi connectivity index (χ4v) is 2.40. The Hall–Kier alpha value is 0.477. The van der Waals surface area contributed by atoms with Crippen molar-refractivity contribution in [2.75, 3.05) is 6.61 Å². The second kappa shape index (κ2) is 6.27. The average Bonchev–Trinajstić information content (AvgIpc) is 1.92. The quantitative estimate of drug-likeness (QED) is 0.308. The third kappa shape index (κ3) is 12.4. The molecule has 1 atom stereocenters. The highest BCUT2D eigenvalue weighted by Gasteiger charge is 2.32. The molecule has 0 spiro atoms. The molecule has 0 amide bonds. The van der Waals surface area contributed by atoms with E-state index in [-0.39, 0.29) is 6.61 Å². The molecule has 0 aromatic heterocycles. The SMILES string of the molecule is C[Si](Cl)(Cl)CCCOC(F)CC(F)(F)F. The van der Waals surface area contributed by atoms with E-state index >= 15 is 0 Å². The van der Waals surface area contributed by atoms with E-state index in [1.54, 1.807) is 6.55 Å². The molecule has 0 fully saturated rings. The highest BCUT2D eigenvalue weighted by Crippen LogP contribution is 2.24. The summed E-state index contributed by atoms with van der Waals surface area (Å²) >= 11 is 11.5. The molecule has 0 radical (unpaired) electrons. The largest absolute Gasteiger partial charge is 0.394 e. The predicted molar refractivity (Wildman–Crippen MR) is 54.3 cm³/mol. The van der Waals surface area contributed by atoms with Crippen molar-refractivity contribution in [3.05, 3.63) is 0 Å². The molecule has 0 heterocycles. The van der Waals surface area contributed by atoms with Gasteiger partial charge in [-0.05, 0) is 19.0 Å². The Morgan fingerprint density at radius 3 is 2.27 bits per heavy atom. The minimum Gasteiger partial charge on any atom is -0.348 e. The van der Waals surface area contributed by atoms with Gasteiger partial charge in [0, 0.05) is 6.61 Å². The van der Waals surface area contributed by atoms with Crippen molar-refractivity contribution in [3.63, 3.8) is 0 Å². The zero-order valence-corrected chi connectivity index (χ0v) is 10.6. The van der Waals surface area contributed by atoms with E-state index in [0.29, 0.717) is 12.5 Å². The maximum atomic E-state index is 12.5. The van der Waals surface area contributed by atoms with Gasteiger partial charge in [0.05, 0.1) is 6.42 Å². The molecule has 0 bridgehead atoms. The molecular weight excluding hydrogens is 275 g/mol. The zero-order valence-electron chi connectivity index (χ0n) is 8.08. The summed E-state index contributed by atoms with van der Waals surface area (Å²) in [7, 11) is 0. The minimum atomic E-state index is -4.54. The van der Waals surface area contributed by atoms with E-state index in [1.165, 1.54) is 0 Å². The third-order valence-corrected chi connectivity index (χ3v) is 3.82. The van der Waals surface area contributed by atoms with E-state index in [0.717, 1.165) is 0 Å². The number of alkyl halides is 4. The fourth-order valence-electron chi connectivity index (χ4n) is 0.835. The monoisotopic (exact) mass is 286 g/mol. The molecular formula is C7H12Cl2F4OSi. The molecule has 8 heteroatoms. The molecule has 1 nitrogen and oxygen atoms in total. The lowest BCUT2D eigenvalue weighted by molar-refractivity contribution is -0.183. The second-order valence-corrected chi connectivity index (χ2v) is 11.5. The summed E-state index contributed by atoms with van der Waals surface area (Å²) in [5.41, 5.74) is 0. The van der Waals surface area contributed by atoms with Crippen LogP contribution in [0.1, 0.15) is 12.8 Å². The van der Waals surface area contributed by atoms with Crippen LogP contribution >= 0.6 is 22.2 Å². The standard InChI is InChI=1S/C7H12Cl2F4OSi/c1-15(8,9)4-2-3-14-6(10)5-7(11,12)13/h6H,2-5H2,1H3. The van der Waals surface area contributed by atoms with Gasteiger partial charge in [-0.2, -0.15) is 13.2 Å². The van der Waals surface area contributed by atoms with E-state index < -0.39 is 25.6 Å². The van der Waals surface area contributed by atoms with Crippen LogP contribution < -0.4 is 0 Å². The van der Waals surface area contributed by atoms with Gasteiger partial charge >= 0.3 is 6.18 Å². The van der Waals surface area contributed by atoms with Crippen LogP contribution in [-0.4, -0.2) is 25.8 Å². The summed E-state index contributed by atoms with van der Waals surface area (Å²) < 4.78 is 51.8. The summed E-state index contributed by atoms with van der Waals surface area (Å²) in [6, 6.07) is 0.467. The van der Waals surface area contributed by atoms with Gasteiger partial charge in [-0.25, -0.2) is 4.39 Å². The van der Waals surface area contributed by atoms with Crippen LogP contribution in [0.25, 0.3) is 0 Å². The van der Waals surface area contributed by atoms with E-state index in [1.807, 2.05) is 0 Å². The van der Waals surface area contributed by atoms with Crippen molar-refractivity contribution >= 4 is 28.9 Å². The molecule has 1 unspecified atom stereocenters. The van der Waals surface area contributed by atoms with E-state index in [4.69, 9.17) is 22.2 Å². The van der Waals surface area contributed by atoms with Crippen molar-refractivity contribution in [1.82, 2.24) is 0 Å². The topological polar surface area (TPSA) is 9.23 Å². The van der Waals surface area contributed by atoms with Crippen LogP contribution in [0, 0.1) is 0 Å². The predicted octanol–water partition coefficient (Wildman–Crippen LogP) is 4.19. The van der Waals surface area contributed by atoms with Gasteiger partial charge < -0.3 is 4.74 Å². The number of halogens is 6. The highest BCUT2D eigenvalue weighted by molar-refractivity contribution is 7.44. The fraction of sp³-hybridized carbons (Fsp3) is 1.00. The minimum absolute atomic E-state index is 0.0979.